The molecule has 2 aromatic carbocycles. The average molecular weight is 421 g/mol. The van der Waals surface area contributed by atoms with Crippen molar-refractivity contribution >= 4 is 28.6 Å². The molecule has 6 heteroatoms. The molecule has 3 N–H and O–H groups in total. The van der Waals surface area contributed by atoms with Gasteiger partial charge >= 0.3 is 0 Å². The van der Waals surface area contributed by atoms with Crippen LogP contribution in [0.25, 0.3) is 10.4 Å². The first-order valence-corrected chi connectivity index (χ1v) is 11.1. The molecule has 0 spiro atoms. The van der Waals surface area contributed by atoms with Crippen molar-refractivity contribution in [1.29, 1.82) is 0 Å². The molecule has 1 amide bonds. The third-order valence-electron chi connectivity index (χ3n) is 5.71. The van der Waals surface area contributed by atoms with Crippen LogP contribution in [0.3, 0.4) is 0 Å². The van der Waals surface area contributed by atoms with Crippen LogP contribution in [0.4, 0.5) is 11.4 Å². The van der Waals surface area contributed by atoms with Gasteiger partial charge in [0.2, 0.25) is 0 Å². The van der Waals surface area contributed by atoms with Crippen LogP contribution in [0.2, 0.25) is 0 Å². The second kappa shape index (κ2) is 9.00. The molecule has 1 aliphatic heterocycles. The van der Waals surface area contributed by atoms with Crippen molar-refractivity contribution in [2.24, 2.45) is 0 Å². The van der Waals surface area contributed by atoms with Crippen molar-refractivity contribution in [3.05, 3.63) is 71.1 Å². The Balaban J connectivity index is 1.40. The Morgan fingerprint density at radius 1 is 1.20 bits per heavy atom. The standard InChI is InChI=1S/C24H28N4OS/c1-27(2)20-11-12-28(16-20)15-17-5-7-18(8-6-17)24(29)26-22-14-19(9-10-21(22)25)23-4-3-13-30-23/h3-10,13-14,20H,11-12,15-16,25H2,1-2H3,(H,26,29)/t20-/m0/s1. The number of anilines is 2. The number of hydrogen-bond acceptors (Lipinski definition) is 5. The highest BCUT2D eigenvalue weighted by atomic mass is 32.1. The number of likely N-dealkylation sites (N-methyl/N-ethyl adjacent to an activating group) is 1. The maximum Gasteiger partial charge on any atom is 0.255 e. The van der Waals surface area contributed by atoms with E-state index >= 15 is 0 Å². The van der Waals surface area contributed by atoms with E-state index < -0.39 is 0 Å². The second-order valence-electron chi connectivity index (χ2n) is 8.07. The molecule has 0 unspecified atom stereocenters. The van der Waals surface area contributed by atoms with E-state index in [0.717, 1.165) is 30.1 Å². The molecule has 1 aliphatic rings. The first-order valence-electron chi connectivity index (χ1n) is 10.2. The molecule has 2 heterocycles. The van der Waals surface area contributed by atoms with Crippen LogP contribution in [0, 0.1) is 0 Å². The highest BCUT2D eigenvalue weighted by Gasteiger charge is 2.23. The first kappa shape index (κ1) is 20.6. The van der Waals surface area contributed by atoms with Gasteiger partial charge in [0, 0.05) is 36.1 Å². The number of thiophene rings is 1. The lowest BCUT2D eigenvalue weighted by molar-refractivity contribution is 0.102. The minimum atomic E-state index is -0.148. The molecule has 1 saturated heterocycles. The minimum Gasteiger partial charge on any atom is -0.397 e. The molecule has 1 fully saturated rings. The van der Waals surface area contributed by atoms with Crippen LogP contribution in [0.5, 0.6) is 0 Å². The van der Waals surface area contributed by atoms with Crippen molar-refractivity contribution < 1.29 is 4.79 Å². The Kier molecular flexibility index (Phi) is 6.18. The Labute approximate surface area is 182 Å². The normalized spacial score (nSPS) is 16.8. The number of nitrogens with two attached hydrogens (primary N) is 1. The van der Waals surface area contributed by atoms with E-state index in [-0.39, 0.29) is 5.91 Å². The monoisotopic (exact) mass is 420 g/mol. The number of hydrogen-bond donors (Lipinski definition) is 2. The van der Waals surface area contributed by atoms with Crippen LogP contribution < -0.4 is 11.1 Å². The third-order valence-corrected chi connectivity index (χ3v) is 6.63. The Bertz CT molecular complexity index is 999. The smallest absolute Gasteiger partial charge is 0.255 e. The molecular formula is C24H28N4OS. The topological polar surface area (TPSA) is 61.6 Å². The van der Waals surface area contributed by atoms with Gasteiger partial charge in [0.05, 0.1) is 11.4 Å². The molecule has 0 radical (unpaired) electrons. The van der Waals surface area contributed by atoms with Crippen LogP contribution >= 0.6 is 11.3 Å². The van der Waals surface area contributed by atoms with Gasteiger partial charge in [-0.2, -0.15) is 0 Å². The predicted octanol–water partition coefficient (Wildman–Crippen LogP) is 4.39. The molecule has 5 nitrogen and oxygen atoms in total. The summed E-state index contributed by atoms with van der Waals surface area (Å²) in [6.07, 6.45) is 1.21. The lowest BCUT2D eigenvalue weighted by Crippen LogP contribution is -2.31. The molecular weight excluding hydrogens is 392 g/mol. The van der Waals surface area contributed by atoms with Gasteiger partial charge in [-0.3, -0.25) is 9.69 Å². The van der Waals surface area contributed by atoms with Crippen LogP contribution in [0.1, 0.15) is 22.3 Å². The van der Waals surface area contributed by atoms with Crippen molar-refractivity contribution in [3.63, 3.8) is 0 Å². The van der Waals surface area contributed by atoms with Crippen LogP contribution in [-0.4, -0.2) is 48.9 Å². The fourth-order valence-corrected chi connectivity index (χ4v) is 4.58. The molecule has 1 aromatic heterocycles. The Morgan fingerprint density at radius 3 is 2.67 bits per heavy atom. The van der Waals surface area contributed by atoms with Gasteiger partial charge in [-0.05, 0) is 67.4 Å². The maximum absolute atomic E-state index is 12.8. The van der Waals surface area contributed by atoms with Crippen molar-refractivity contribution in [3.8, 4) is 10.4 Å². The van der Waals surface area contributed by atoms with E-state index in [1.54, 1.807) is 11.3 Å². The number of rotatable bonds is 6. The first-order chi connectivity index (χ1) is 14.5. The van der Waals surface area contributed by atoms with Crippen molar-refractivity contribution in [1.82, 2.24) is 9.80 Å². The average Bonchev–Trinajstić information content (AvgIpc) is 3.42. The molecule has 30 heavy (non-hydrogen) atoms. The zero-order chi connectivity index (χ0) is 21.1. The minimum absolute atomic E-state index is 0.148. The summed E-state index contributed by atoms with van der Waals surface area (Å²) >= 11 is 1.66. The fraction of sp³-hybridized carbons (Fsp3) is 0.292. The number of nitrogens with one attached hydrogen (secondary N) is 1. The van der Waals surface area contributed by atoms with Crippen LogP contribution in [0.15, 0.2) is 60.0 Å². The molecule has 0 bridgehead atoms. The molecule has 4 rings (SSSR count). The SMILES string of the molecule is CN(C)[C@H]1CCN(Cc2ccc(C(=O)Nc3cc(-c4cccs4)ccc3N)cc2)C1. The van der Waals surface area contributed by atoms with E-state index in [0.29, 0.717) is 23.0 Å². The number of nitrogens with zero attached hydrogens (tertiary/aromatic N) is 2. The largest absolute Gasteiger partial charge is 0.397 e. The van der Waals surface area contributed by atoms with Gasteiger partial charge in [0.15, 0.2) is 0 Å². The van der Waals surface area contributed by atoms with Crippen LogP contribution in [-0.2, 0) is 6.54 Å². The maximum atomic E-state index is 12.8. The third kappa shape index (κ3) is 4.73. The number of carbonyl (C=O) groups is 1. The van der Waals surface area contributed by atoms with Gasteiger partial charge in [0.1, 0.15) is 0 Å². The van der Waals surface area contributed by atoms with Gasteiger partial charge < -0.3 is 16.0 Å². The number of benzene rings is 2. The molecule has 1 atom stereocenters. The highest BCUT2D eigenvalue weighted by molar-refractivity contribution is 7.13. The summed E-state index contributed by atoms with van der Waals surface area (Å²) in [6.45, 7) is 3.13. The summed E-state index contributed by atoms with van der Waals surface area (Å²) in [6, 6.07) is 18.3. The van der Waals surface area contributed by atoms with Gasteiger partial charge in [0.25, 0.3) is 5.91 Å². The van der Waals surface area contributed by atoms with Gasteiger partial charge in [-0.25, -0.2) is 0 Å². The lowest BCUT2D eigenvalue weighted by atomic mass is 10.1. The Morgan fingerprint density at radius 2 is 2.00 bits per heavy atom. The molecule has 0 aliphatic carbocycles. The summed E-state index contributed by atoms with van der Waals surface area (Å²) in [4.78, 5) is 18.7. The number of carbonyl (C=O) groups excluding carboxylic acids is 1. The Hall–Kier alpha value is -2.67. The molecule has 0 saturated carbocycles. The van der Waals surface area contributed by atoms with E-state index in [4.69, 9.17) is 5.73 Å². The van der Waals surface area contributed by atoms with Crippen molar-refractivity contribution in [2.45, 2.75) is 19.0 Å². The number of likely N-dealkylation sites (tertiary alicyclic amines) is 1. The van der Waals surface area contributed by atoms with Crippen molar-refractivity contribution in [2.75, 3.05) is 38.2 Å². The van der Waals surface area contributed by atoms with E-state index in [9.17, 15) is 4.79 Å². The summed E-state index contributed by atoms with van der Waals surface area (Å²) in [7, 11) is 4.29. The predicted molar refractivity (Wildman–Crippen MR) is 126 cm³/mol. The van der Waals surface area contributed by atoms with E-state index in [2.05, 4.69) is 35.3 Å². The fourth-order valence-electron chi connectivity index (χ4n) is 3.85. The second-order valence-corrected chi connectivity index (χ2v) is 9.02. The van der Waals surface area contributed by atoms with E-state index in [1.807, 2.05) is 53.9 Å². The number of nitrogen functional groups attached to an aromatic ring is 1. The summed E-state index contributed by atoms with van der Waals surface area (Å²) < 4.78 is 0. The quantitative estimate of drug-likeness (QED) is 0.581. The zero-order valence-electron chi connectivity index (χ0n) is 17.5. The van der Waals surface area contributed by atoms with E-state index in [1.165, 1.54) is 12.0 Å². The van der Waals surface area contributed by atoms with Gasteiger partial charge in [-0.1, -0.05) is 24.3 Å². The summed E-state index contributed by atoms with van der Waals surface area (Å²) in [5.74, 6) is -0.148. The zero-order valence-corrected chi connectivity index (χ0v) is 18.3. The lowest BCUT2D eigenvalue weighted by Gasteiger charge is -2.20. The molecule has 156 valence electrons. The highest BCUT2D eigenvalue weighted by Crippen LogP contribution is 2.30. The number of amides is 1. The summed E-state index contributed by atoms with van der Waals surface area (Å²) in [5.41, 5.74) is 10.2. The summed E-state index contributed by atoms with van der Waals surface area (Å²) in [5, 5.41) is 5.00. The van der Waals surface area contributed by atoms with Gasteiger partial charge in [-0.15, -0.1) is 11.3 Å². The molecule has 3 aromatic rings.